The predicted molar refractivity (Wildman–Crippen MR) is 119 cm³/mol. The van der Waals surface area contributed by atoms with Gasteiger partial charge in [0.2, 0.25) is 0 Å². The molecule has 5 rings (SSSR count). The Balaban J connectivity index is 1.22. The highest BCUT2D eigenvalue weighted by molar-refractivity contribution is 5.93. The van der Waals surface area contributed by atoms with Crippen LogP contribution in [0.2, 0.25) is 0 Å². The first-order valence-electron chi connectivity index (χ1n) is 10.4. The monoisotopic (exact) mass is 400 g/mol. The van der Waals surface area contributed by atoms with Gasteiger partial charge in [0, 0.05) is 47.6 Å². The number of carbonyl (C=O) groups excluding carboxylic acids is 1. The maximum atomic E-state index is 12.2. The van der Waals surface area contributed by atoms with Gasteiger partial charge in [-0.25, -0.2) is 4.79 Å². The van der Waals surface area contributed by atoms with E-state index in [2.05, 4.69) is 27.8 Å². The minimum atomic E-state index is -0.454. The van der Waals surface area contributed by atoms with Crippen LogP contribution in [0.5, 0.6) is 5.75 Å². The zero-order valence-corrected chi connectivity index (χ0v) is 16.7. The first kappa shape index (κ1) is 18.5. The number of carbonyl (C=O) groups is 1. The molecule has 0 spiro atoms. The van der Waals surface area contributed by atoms with Gasteiger partial charge in [-0.2, -0.15) is 0 Å². The SMILES string of the molecule is O=C(NCCNc1c2c(nc3ccccc13)CCCC2)Oc1ccc2cc[nH]c2c1. The molecule has 3 N–H and O–H groups in total. The van der Waals surface area contributed by atoms with Gasteiger partial charge in [0.15, 0.2) is 0 Å². The molecule has 0 saturated carbocycles. The molecule has 152 valence electrons. The molecule has 1 aliphatic carbocycles. The van der Waals surface area contributed by atoms with Crippen molar-refractivity contribution < 1.29 is 9.53 Å². The van der Waals surface area contributed by atoms with E-state index in [1.54, 1.807) is 6.07 Å². The quantitative estimate of drug-likeness (QED) is 0.421. The smallest absolute Gasteiger partial charge is 0.410 e. The van der Waals surface area contributed by atoms with E-state index in [1.807, 2.05) is 36.5 Å². The van der Waals surface area contributed by atoms with Gasteiger partial charge in [0.1, 0.15) is 5.75 Å². The summed E-state index contributed by atoms with van der Waals surface area (Å²) in [6, 6.07) is 15.8. The lowest BCUT2D eigenvalue weighted by atomic mass is 9.92. The van der Waals surface area contributed by atoms with Crippen LogP contribution in [0.1, 0.15) is 24.1 Å². The summed E-state index contributed by atoms with van der Waals surface area (Å²) >= 11 is 0. The highest BCUT2D eigenvalue weighted by Gasteiger charge is 2.17. The van der Waals surface area contributed by atoms with Gasteiger partial charge in [0.05, 0.1) is 5.52 Å². The Morgan fingerprint density at radius 1 is 1.07 bits per heavy atom. The summed E-state index contributed by atoms with van der Waals surface area (Å²) in [6.45, 7) is 1.08. The van der Waals surface area contributed by atoms with Crippen LogP contribution in [0.3, 0.4) is 0 Å². The molecule has 6 heteroatoms. The molecule has 1 amide bonds. The van der Waals surface area contributed by atoms with E-state index in [1.165, 1.54) is 24.1 Å². The van der Waals surface area contributed by atoms with Crippen LogP contribution >= 0.6 is 0 Å². The molecule has 4 aromatic rings. The Hall–Kier alpha value is -3.54. The van der Waals surface area contributed by atoms with E-state index in [-0.39, 0.29) is 0 Å². The molecule has 0 bridgehead atoms. The molecule has 0 atom stereocenters. The van der Waals surface area contributed by atoms with Crippen molar-refractivity contribution >= 4 is 33.6 Å². The number of para-hydroxylation sites is 1. The summed E-state index contributed by atoms with van der Waals surface area (Å²) in [4.78, 5) is 20.1. The van der Waals surface area contributed by atoms with Crippen molar-refractivity contribution in [2.24, 2.45) is 0 Å². The van der Waals surface area contributed by atoms with Crippen LogP contribution < -0.4 is 15.4 Å². The molecule has 2 aromatic carbocycles. The van der Waals surface area contributed by atoms with Crippen molar-refractivity contribution in [1.82, 2.24) is 15.3 Å². The Bertz CT molecular complexity index is 1210. The summed E-state index contributed by atoms with van der Waals surface area (Å²) in [5.74, 6) is 0.518. The number of rotatable bonds is 5. The highest BCUT2D eigenvalue weighted by atomic mass is 16.6. The Kier molecular flexibility index (Phi) is 4.97. The van der Waals surface area contributed by atoms with Gasteiger partial charge in [0.25, 0.3) is 0 Å². The summed E-state index contributed by atoms with van der Waals surface area (Å²) in [5.41, 5.74) is 5.64. The number of hydrogen-bond donors (Lipinski definition) is 3. The Labute approximate surface area is 174 Å². The molecule has 6 nitrogen and oxygen atoms in total. The molecule has 2 heterocycles. The maximum Gasteiger partial charge on any atom is 0.412 e. The van der Waals surface area contributed by atoms with E-state index in [0.717, 1.165) is 40.3 Å². The van der Waals surface area contributed by atoms with E-state index >= 15 is 0 Å². The van der Waals surface area contributed by atoms with Gasteiger partial charge in [-0.1, -0.05) is 18.2 Å². The van der Waals surface area contributed by atoms with E-state index in [9.17, 15) is 4.79 Å². The molecule has 2 aromatic heterocycles. The first-order chi connectivity index (χ1) is 14.8. The van der Waals surface area contributed by atoms with Crippen molar-refractivity contribution in [2.75, 3.05) is 18.4 Å². The van der Waals surface area contributed by atoms with Crippen LogP contribution in [0.15, 0.2) is 54.7 Å². The standard InChI is InChI=1S/C24H24N4O2/c29-24(30-17-10-9-16-11-12-25-22(16)15-17)27-14-13-26-23-18-5-1-3-7-20(18)28-21-8-4-2-6-19(21)23/h1,3,5,7,9-12,15,25H,2,4,6,8,13-14H2,(H,26,28)(H,27,29). The van der Waals surface area contributed by atoms with E-state index < -0.39 is 6.09 Å². The van der Waals surface area contributed by atoms with E-state index in [0.29, 0.717) is 18.8 Å². The molecule has 0 saturated heterocycles. The Morgan fingerprint density at radius 3 is 2.93 bits per heavy atom. The second-order valence-corrected chi connectivity index (χ2v) is 7.61. The molecule has 1 aliphatic rings. The molecule has 0 aliphatic heterocycles. The van der Waals surface area contributed by atoms with Crippen LogP contribution in [0.4, 0.5) is 10.5 Å². The summed E-state index contributed by atoms with van der Waals surface area (Å²) in [5, 5.41) is 8.58. The second-order valence-electron chi connectivity index (χ2n) is 7.61. The fourth-order valence-electron chi connectivity index (χ4n) is 4.16. The van der Waals surface area contributed by atoms with E-state index in [4.69, 9.17) is 9.72 Å². The third-order valence-electron chi connectivity index (χ3n) is 5.60. The van der Waals surface area contributed by atoms with Crippen LogP contribution in [0.25, 0.3) is 21.8 Å². The predicted octanol–water partition coefficient (Wildman–Crippen LogP) is 4.80. The molecule has 30 heavy (non-hydrogen) atoms. The lowest BCUT2D eigenvalue weighted by Gasteiger charge is -2.21. The number of aromatic amines is 1. The van der Waals surface area contributed by atoms with Gasteiger partial charge in [-0.15, -0.1) is 0 Å². The first-order valence-corrected chi connectivity index (χ1v) is 10.4. The zero-order valence-electron chi connectivity index (χ0n) is 16.7. The van der Waals surface area contributed by atoms with Crippen molar-refractivity contribution in [3.05, 3.63) is 66.0 Å². The van der Waals surface area contributed by atoms with Crippen molar-refractivity contribution in [3.8, 4) is 5.75 Å². The lowest BCUT2D eigenvalue weighted by Crippen LogP contribution is -2.31. The molecular formula is C24H24N4O2. The molecular weight excluding hydrogens is 376 g/mol. The van der Waals surface area contributed by atoms with Crippen LogP contribution in [-0.4, -0.2) is 29.2 Å². The fraction of sp³-hybridized carbons (Fsp3) is 0.250. The highest BCUT2D eigenvalue weighted by Crippen LogP contribution is 2.33. The van der Waals surface area contributed by atoms with Crippen molar-refractivity contribution in [3.63, 3.8) is 0 Å². The normalized spacial score (nSPS) is 13.2. The minimum absolute atomic E-state index is 0.454. The summed E-state index contributed by atoms with van der Waals surface area (Å²) in [6.07, 6.45) is 5.87. The number of aromatic nitrogens is 2. The summed E-state index contributed by atoms with van der Waals surface area (Å²) < 4.78 is 5.40. The van der Waals surface area contributed by atoms with Crippen LogP contribution in [0, 0.1) is 0 Å². The molecule has 0 unspecified atom stereocenters. The average Bonchev–Trinajstić information content (AvgIpc) is 3.24. The van der Waals surface area contributed by atoms with Gasteiger partial charge in [-0.3, -0.25) is 4.98 Å². The number of ether oxygens (including phenoxy) is 1. The third-order valence-corrected chi connectivity index (χ3v) is 5.60. The van der Waals surface area contributed by atoms with Crippen molar-refractivity contribution in [2.45, 2.75) is 25.7 Å². The molecule has 0 fully saturated rings. The average molecular weight is 400 g/mol. The van der Waals surface area contributed by atoms with Crippen molar-refractivity contribution in [1.29, 1.82) is 0 Å². The topological polar surface area (TPSA) is 79.0 Å². The number of anilines is 1. The Morgan fingerprint density at radius 2 is 1.97 bits per heavy atom. The number of nitrogens with one attached hydrogen (secondary N) is 3. The number of hydrogen-bond acceptors (Lipinski definition) is 4. The summed E-state index contributed by atoms with van der Waals surface area (Å²) in [7, 11) is 0. The van der Waals surface area contributed by atoms with Gasteiger partial charge < -0.3 is 20.4 Å². The largest absolute Gasteiger partial charge is 0.412 e. The lowest BCUT2D eigenvalue weighted by molar-refractivity contribution is 0.201. The van der Waals surface area contributed by atoms with Gasteiger partial charge >= 0.3 is 6.09 Å². The number of pyridine rings is 1. The fourth-order valence-corrected chi connectivity index (χ4v) is 4.16. The number of fused-ring (bicyclic) bond motifs is 3. The number of amides is 1. The third kappa shape index (κ3) is 3.68. The number of H-pyrrole nitrogens is 1. The number of nitrogens with zero attached hydrogens (tertiary/aromatic N) is 1. The molecule has 0 radical (unpaired) electrons. The second kappa shape index (κ2) is 8.06. The number of benzene rings is 2. The maximum absolute atomic E-state index is 12.2. The van der Waals surface area contributed by atoms with Gasteiger partial charge in [-0.05, 0) is 60.9 Å². The van der Waals surface area contributed by atoms with Crippen LogP contribution in [-0.2, 0) is 12.8 Å². The zero-order chi connectivity index (χ0) is 20.3. The minimum Gasteiger partial charge on any atom is -0.410 e. The number of aryl methyl sites for hydroxylation is 1.